The Morgan fingerprint density at radius 3 is 2.30 bits per heavy atom. The van der Waals surface area contributed by atoms with Crippen LogP contribution in [0.25, 0.3) is 0 Å². The minimum absolute atomic E-state index is 0.148. The average Bonchev–Trinajstić information content (AvgIpc) is 2.47. The van der Waals surface area contributed by atoms with Gasteiger partial charge in [-0.1, -0.05) is 19.8 Å². The van der Waals surface area contributed by atoms with Crippen LogP contribution in [-0.2, 0) is 9.53 Å². The molecule has 5 heteroatoms. The number of carbonyl (C=O) groups excluding carboxylic acids is 1. The molecule has 1 atom stereocenters. The molecule has 0 rings (SSSR count). The van der Waals surface area contributed by atoms with Gasteiger partial charge in [0, 0.05) is 12.8 Å². The molecule has 0 aromatic rings. The van der Waals surface area contributed by atoms with Crippen molar-refractivity contribution >= 4 is 5.97 Å². The fourth-order valence-corrected chi connectivity index (χ4v) is 1.83. The molecule has 0 aliphatic heterocycles. The van der Waals surface area contributed by atoms with Crippen molar-refractivity contribution in [1.82, 2.24) is 0 Å². The monoisotopic (exact) mass is 275 g/mol. The summed E-state index contributed by atoms with van der Waals surface area (Å²) in [5.74, 6) is -0.527. The smallest absolute Gasteiger partial charge is 0.326 e. The molecular formula is C15H21N3O2. The number of hydrogen-bond acceptors (Lipinski definition) is 5. The molecule has 0 fully saturated rings. The molecule has 0 saturated carbocycles. The van der Waals surface area contributed by atoms with Crippen LogP contribution in [0.4, 0.5) is 0 Å². The van der Waals surface area contributed by atoms with Crippen LogP contribution in [0, 0.1) is 39.4 Å². The molecule has 0 heterocycles. The van der Waals surface area contributed by atoms with E-state index >= 15 is 0 Å². The summed E-state index contributed by atoms with van der Waals surface area (Å²) in [4.78, 5) is 12.1. The maximum absolute atomic E-state index is 12.1. The van der Waals surface area contributed by atoms with Crippen LogP contribution in [-0.4, -0.2) is 12.6 Å². The summed E-state index contributed by atoms with van der Waals surface area (Å²) in [6.45, 7) is 2.30. The topological polar surface area (TPSA) is 97.7 Å². The Morgan fingerprint density at radius 1 is 1.05 bits per heavy atom. The third kappa shape index (κ3) is 6.21. The van der Waals surface area contributed by atoms with Gasteiger partial charge in [0.25, 0.3) is 0 Å². The second-order valence-electron chi connectivity index (χ2n) is 4.71. The molecular weight excluding hydrogens is 254 g/mol. The van der Waals surface area contributed by atoms with Gasteiger partial charge in [0.15, 0.2) is 5.41 Å². The number of unbranched alkanes of at least 4 members (excludes halogenated alkanes) is 3. The molecule has 0 N–H and O–H groups in total. The number of carbonyl (C=O) groups is 1. The van der Waals surface area contributed by atoms with Crippen molar-refractivity contribution in [2.45, 2.75) is 58.3 Å². The van der Waals surface area contributed by atoms with E-state index in [0.717, 1.165) is 12.8 Å². The predicted molar refractivity (Wildman–Crippen MR) is 72.8 cm³/mol. The molecule has 0 amide bonds. The van der Waals surface area contributed by atoms with Crippen LogP contribution in [0.1, 0.15) is 58.3 Å². The number of rotatable bonds is 10. The zero-order valence-electron chi connectivity index (χ0n) is 12.0. The molecule has 0 aromatic heterocycles. The maximum Gasteiger partial charge on any atom is 0.326 e. The molecule has 0 saturated heterocycles. The van der Waals surface area contributed by atoms with E-state index in [0.29, 0.717) is 32.3 Å². The van der Waals surface area contributed by atoms with Crippen molar-refractivity contribution in [3.8, 4) is 18.2 Å². The highest BCUT2D eigenvalue weighted by Gasteiger charge is 2.39. The van der Waals surface area contributed by atoms with E-state index in [9.17, 15) is 10.1 Å². The summed E-state index contributed by atoms with van der Waals surface area (Å²) in [6.07, 6.45) is 4.02. The van der Waals surface area contributed by atoms with E-state index in [1.165, 1.54) is 0 Å². The number of esters is 1. The first-order chi connectivity index (χ1) is 9.66. The number of hydrogen-bond donors (Lipinski definition) is 0. The first-order valence-electron chi connectivity index (χ1n) is 6.99. The SMILES string of the molecule is CCCCOC(=O)C(C#N)(CCC#N)CCCCC#N. The Kier molecular flexibility index (Phi) is 9.71. The van der Waals surface area contributed by atoms with Gasteiger partial charge < -0.3 is 4.74 Å². The van der Waals surface area contributed by atoms with E-state index in [1.807, 2.05) is 25.1 Å². The summed E-state index contributed by atoms with van der Waals surface area (Å²) < 4.78 is 5.16. The van der Waals surface area contributed by atoms with Gasteiger partial charge in [-0.05, 0) is 25.7 Å². The van der Waals surface area contributed by atoms with Gasteiger partial charge in [-0.2, -0.15) is 15.8 Å². The number of nitrogens with zero attached hydrogens (tertiary/aromatic N) is 3. The van der Waals surface area contributed by atoms with Crippen LogP contribution in [0.2, 0.25) is 0 Å². The quantitative estimate of drug-likeness (QED) is 0.450. The highest BCUT2D eigenvalue weighted by Crippen LogP contribution is 2.31. The first-order valence-corrected chi connectivity index (χ1v) is 6.99. The molecule has 0 bridgehead atoms. The zero-order valence-corrected chi connectivity index (χ0v) is 12.0. The molecule has 5 nitrogen and oxygen atoms in total. The lowest BCUT2D eigenvalue weighted by atomic mass is 9.80. The van der Waals surface area contributed by atoms with Crippen LogP contribution in [0.3, 0.4) is 0 Å². The van der Waals surface area contributed by atoms with Crippen molar-refractivity contribution in [1.29, 1.82) is 15.8 Å². The van der Waals surface area contributed by atoms with Gasteiger partial charge in [-0.15, -0.1) is 0 Å². The second-order valence-corrected chi connectivity index (χ2v) is 4.71. The molecule has 0 spiro atoms. The normalized spacial score (nSPS) is 12.5. The molecule has 108 valence electrons. The molecule has 20 heavy (non-hydrogen) atoms. The van der Waals surface area contributed by atoms with E-state index in [1.54, 1.807) is 0 Å². The molecule has 0 aliphatic rings. The highest BCUT2D eigenvalue weighted by atomic mass is 16.5. The fourth-order valence-electron chi connectivity index (χ4n) is 1.83. The third-order valence-corrected chi connectivity index (χ3v) is 3.14. The lowest BCUT2D eigenvalue weighted by molar-refractivity contribution is -0.153. The maximum atomic E-state index is 12.1. The van der Waals surface area contributed by atoms with Crippen LogP contribution in [0.5, 0.6) is 0 Å². The number of ether oxygens (including phenoxy) is 1. The molecule has 0 radical (unpaired) electrons. The highest BCUT2D eigenvalue weighted by molar-refractivity contribution is 5.80. The van der Waals surface area contributed by atoms with Gasteiger partial charge in [0.05, 0.1) is 24.8 Å². The van der Waals surface area contributed by atoms with Gasteiger partial charge in [0.2, 0.25) is 0 Å². The van der Waals surface area contributed by atoms with E-state index < -0.39 is 11.4 Å². The van der Waals surface area contributed by atoms with Gasteiger partial charge in [0.1, 0.15) is 0 Å². The zero-order chi connectivity index (χ0) is 15.3. The largest absolute Gasteiger partial charge is 0.465 e. The molecule has 0 aliphatic carbocycles. The van der Waals surface area contributed by atoms with E-state index in [2.05, 4.69) is 0 Å². The average molecular weight is 275 g/mol. The summed E-state index contributed by atoms with van der Waals surface area (Å²) in [5.41, 5.74) is -1.24. The van der Waals surface area contributed by atoms with Crippen molar-refractivity contribution < 1.29 is 9.53 Å². The summed E-state index contributed by atoms with van der Waals surface area (Å²) in [7, 11) is 0. The Labute approximate surface area is 120 Å². The third-order valence-electron chi connectivity index (χ3n) is 3.14. The predicted octanol–water partition coefficient (Wildman–Crippen LogP) is 3.23. The minimum Gasteiger partial charge on any atom is -0.465 e. The Morgan fingerprint density at radius 2 is 1.75 bits per heavy atom. The van der Waals surface area contributed by atoms with E-state index in [4.69, 9.17) is 15.3 Å². The summed E-state index contributed by atoms with van der Waals surface area (Å²) >= 11 is 0. The summed E-state index contributed by atoms with van der Waals surface area (Å²) in [5, 5.41) is 26.5. The van der Waals surface area contributed by atoms with Crippen molar-refractivity contribution in [2.24, 2.45) is 5.41 Å². The summed E-state index contributed by atoms with van der Waals surface area (Å²) in [6, 6.07) is 6.05. The van der Waals surface area contributed by atoms with Crippen LogP contribution >= 0.6 is 0 Å². The van der Waals surface area contributed by atoms with Gasteiger partial charge in [-0.25, -0.2) is 0 Å². The Balaban J connectivity index is 4.66. The molecule has 1 unspecified atom stereocenters. The lowest BCUT2D eigenvalue weighted by Gasteiger charge is -2.23. The number of nitriles is 3. The van der Waals surface area contributed by atoms with Crippen LogP contribution in [0.15, 0.2) is 0 Å². The standard InChI is InChI=1S/C15H21N3O2/c1-2-3-12-20-14(19)15(13-18,9-7-11-17)8-5-4-6-10-16/h2-9,12H2,1H3. The van der Waals surface area contributed by atoms with Crippen molar-refractivity contribution in [3.63, 3.8) is 0 Å². The molecule has 0 aromatic carbocycles. The van der Waals surface area contributed by atoms with Gasteiger partial charge in [-0.3, -0.25) is 4.79 Å². The minimum atomic E-state index is -1.24. The van der Waals surface area contributed by atoms with Crippen molar-refractivity contribution in [3.05, 3.63) is 0 Å². The Bertz CT molecular complexity index is 414. The second kappa shape index (κ2) is 10.8. The Hall–Kier alpha value is -2.06. The van der Waals surface area contributed by atoms with E-state index in [-0.39, 0.29) is 12.8 Å². The fraction of sp³-hybridized carbons (Fsp3) is 0.733. The van der Waals surface area contributed by atoms with Gasteiger partial charge >= 0.3 is 5.97 Å². The van der Waals surface area contributed by atoms with Crippen molar-refractivity contribution in [2.75, 3.05) is 6.61 Å². The van der Waals surface area contributed by atoms with Crippen LogP contribution < -0.4 is 0 Å². The lowest BCUT2D eigenvalue weighted by Crippen LogP contribution is -2.32. The first kappa shape index (κ1) is 17.9.